The van der Waals surface area contributed by atoms with Crippen molar-refractivity contribution in [2.75, 3.05) is 14.2 Å². The summed E-state index contributed by atoms with van der Waals surface area (Å²) in [7, 11) is 3.16. The van der Waals surface area contributed by atoms with Gasteiger partial charge in [0.15, 0.2) is 0 Å². The molecule has 0 fully saturated rings. The molecule has 2 aromatic carbocycles. The molecule has 0 bridgehead atoms. The van der Waals surface area contributed by atoms with E-state index in [1.165, 1.54) is 17.4 Å². The highest BCUT2D eigenvalue weighted by Crippen LogP contribution is 2.31. The summed E-state index contributed by atoms with van der Waals surface area (Å²) in [5.41, 5.74) is 0.808. The van der Waals surface area contributed by atoms with Crippen LogP contribution in [-0.4, -0.2) is 20.1 Å². The van der Waals surface area contributed by atoms with Crippen LogP contribution < -0.4 is 14.8 Å². The first kappa shape index (κ1) is 17.2. The minimum absolute atomic E-state index is 0.252. The van der Waals surface area contributed by atoms with Gasteiger partial charge in [-0.3, -0.25) is 4.79 Å². The lowest BCUT2D eigenvalue weighted by atomic mass is 10.1. The molecule has 25 heavy (non-hydrogen) atoms. The van der Waals surface area contributed by atoms with E-state index in [1.54, 1.807) is 44.6 Å². The number of methoxy groups -OCH3 is 2. The molecule has 6 heteroatoms. The number of ether oxygens (including phenoxy) is 2. The van der Waals surface area contributed by atoms with Gasteiger partial charge < -0.3 is 14.8 Å². The van der Waals surface area contributed by atoms with Crippen LogP contribution >= 0.6 is 11.3 Å². The third-order valence-corrected chi connectivity index (χ3v) is 5.08. The Morgan fingerprint density at radius 1 is 1.16 bits per heavy atom. The number of benzene rings is 2. The molecule has 1 aromatic heterocycles. The van der Waals surface area contributed by atoms with Crippen LogP contribution in [0.4, 0.5) is 4.39 Å². The molecular formula is C19H18FNO3S. The van der Waals surface area contributed by atoms with Gasteiger partial charge in [0.25, 0.3) is 5.91 Å². The van der Waals surface area contributed by atoms with Crippen LogP contribution in [0.25, 0.3) is 10.1 Å². The molecule has 3 aromatic rings. The van der Waals surface area contributed by atoms with Crippen molar-refractivity contribution in [1.82, 2.24) is 5.32 Å². The van der Waals surface area contributed by atoms with Crippen LogP contribution in [-0.2, 0) is 0 Å². The maximum atomic E-state index is 13.8. The number of amides is 1. The molecule has 1 unspecified atom stereocenters. The van der Waals surface area contributed by atoms with Gasteiger partial charge in [0.05, 0.1) is 25.1 Å². The first-order valence-electron chi connectivity index (χ1n) is 7.74. The van der Waals surface area contributed by atoms with Crippen LogP contribution in [0.15, 0.2) is 42.5 Å². The fourth-order valence-corrected chi connectivity index (χ4v) is 3.64. The van der Waals surface area contributed by atoms with Crippen molar-refractivity contribution in [3.8, 4) is 11.5 Å². The standard InChI is InChI=1S/C19H18FNO3S/c1-11(13-9-12(23-2)7-8-16(13)24-3)21-19(22)18-10-14-15(20)5-4-6-17(14)25-18/h4-11H,1-3H3,(H,21,22). The molecular weight excluding hydrogens is 341 g/mol. The summed E-state index contributed by atoms with van der Waals surface area (Å²) in [6.45, 7) is 1.86. The maximum absolute atomic E-state index is 13.8. The van der Waals surface area contributed by atoms with Gasteiger partial charge in [-0.05, 0) is 43.3 Å². The molecule has 0 aliphatic heterocycles. The average molecular weight is 359 g/mol. The molecule has 0 spiro atoms. The van der Waals surface area contributed by atoms with Crippen LogP contribution in [0.1, 0.15) is 28.2 Å². The van der Waals surface area contributed by atoms with Crippen molar-refractivity contribution in [2.45, 2.75) is 13.0 Å². The third-order valence-electron chi connectivity index (χ3n) is 3.98. The minimum Gasteiger partial charge on any atom is -0.497 e. The van der Waals surface area contributed by atoms with Crippen molar-refractivity contribution < 1.29 is 18.7 Å². The number of nitrogens with one attached hydrogen (secondary N) is 1. The number of halogens is 1. The zero-order valence-corrected chi connectivity index (χ0v) is 14.9. The number of fused-ring (bicyclic) bond motifs is 1. The van der Waals surface area contributed by atoms with Crippen LogP contribution in [0, 0.1) is 5.82 Å². The van der Waals surface area contributed by atoms with E-state index < -0.39 is 0 Å². The Bertz CT molecular complexity index is 922. The molecule has 3 rings (SSSR count). The van der Waals surface area contributed by atoms with Crippen molar-refractivity contribution in [3.63, 3.8) is 0 Å². The van der Waals surface area contributed by atoms with Gasteiger partial charge in [-0.15, -0.1) is 11.3 Å². The Labute approximate surface area is 149 Å². The van der Waals surface area contributed by atoms with Crippen LogP contribution in [0.2, 0.25) is 0 Å². The van der Waals surface area contributed by atoms with Gasteiger partial charge in [0, 0.05) is 15.6 Å². The number of hydrogen-bond acceptors (Lipinski definition) is 4. The number of rotatable bonds is 5. The summed E-state index contributed by atoms with van der Waals surface area (Å²) >= 11 is 1.27. The minimum atomic E-state index is -0.324. The Balaban J connectivity index is 1.85. The van der Waals surface area contributed by atoms with Gasteiger partial charge in [0.1, 0.15) is 17.3 Å². The lowest BCUT2D eigenvalue weighted by Gasteiger charge is -2.18. The number of thiophene rings is 1. The molecule has 0 aliphatic rings. The SMILES string of the molecule is COc1ccc(OC)c(C(C)NC(=O)c2cc3c(F)cccc3s2)c1. The molecule has 130 valence electrons. The summed E-state index contributed by atoms with van der Waals surface area (Å²) in [4.78, 5) is 13.0. The van der Waals surface area contributed by atoms with E-state index >= 15 is 0 Å². The number of carbonyl (C=O) groups excluding carboxylic acids is 1. The topological polar surface area (TPSA) is 47.6 Å². The third kappa shape index (κ3) is 3.44. The van der Waals surface area contributed by atoms with Gasteiger partial charge in [0.2, 0.25) is 0 Å². The summed E-state index contributed by atoms with van der Waals surface area (Å²) in [5, 5.41) is 3.39. The first-order chi connectivity index (χ1) is 12.0. The molecule has 1 atom stereocenters. The zero-order chi connectivity index (χ0) is 18.0. The monoisotopic (exact) mass is 359 g/mol. The van der Waals surface area contributed by atoms with E-state index in [2.05, 4.69) is 5.32 Å². The van der Waals surface area contributed by atoms with E-state index in [9.17, 15) is 9.18 Å². The summed E-state index contributed by atoms with van der Waals surface area (Å²) in [5.74, 6) is 0.769. The Kier molecular flexibility index (Phi) is 4.90. The second-order valence-electron chi connectivity index (χ2n) is 5.57. The van der Waals surface area contributed by atoms with Gasteiger partial charge >= 0.3 is 0 Å². The van der Waals surface area contributed by atoms with E-state index in [0.29, 0.717) is 21.8 Å². The smallest absolute Gasteiger partial charge is 0.261 e. The fraction of sp³-hybridized carbons (Fsp3) is 0.211. The van der Waals surface area contributed by atoms with Crippen molar-refractivity contribution in [3.05, 3.63) is 58.7 Å². The van der Waals surface area contributed by atoms with E-state index in [0.717, 1.165) is 10.3 Å². The molecule has 0 aliphatic carbocycles. The van der Waals surface area contributed by atoms with Crippen LogP contribution in [0.3, 0.4) is 0 Å². The molecule has 0 saturated heterocycles. The Morgan fingerprint density at radius 2 is 1.96 bits per heavy atom. The average Bonchev–Trinajstić information content (AvgIpc) is 3.07. The molecule has 1 N–H and O–H groups in total. The highest BCUT2D eigenvalue weighted by atomic mass is 32.1. The van der Waals surface area contributed by atoms with Crippen LogP contribution in [0.5, 0.6) is 11.5 Å². The fourth-order valence-electron chi connectivity index (χ4n) is 2.66. The highest BCUT2D eigenvalue weighted by molar-refractivity contribution is 7.20. The Morgan fingerprint density at radius 3 is 2.64 bits per heavy atom. The molecule has 0 radical (unpaired) electrons. The molecule has 0 saturated carbocycles. The van der Waals surface area contributed by atoms with Crippen molar-refractivity contribution in [2.24, 2.45) is 0 Å². The van der Waals surface area contributed by atoms with Gasteiger partial charge in [-0.25, -0.2) is 4.39 Å². The second kappa shape index (κ2) is 7.11. The van der Waals surface area contributed by atoms with Crippen molar-refractivity contribution >= 4 is 27.3 Å². The van der Waals surface area contributed by atoms with Gasteiger partial charge in [-0.1, -0.05) is 6.07 Å². The maximum Gasteiger partial charge on any atom is 0.261 e. The number of hydrogen-bond donors (Lipinski definition) is 1. The first-order valence-corrected chi connectivity index (χ1v) is 8.56. The largest absolute Gasteiger partial charge is 0.497 e. The molecule has 1 heterocycles. The van der Waals surface area contributed by atoms with Gasteiger partial charge in [-0.2, -0.15) is 0 Å². The molecule has 1 amide bonds. The second-order valence-corrected chi connectivity index (χ2v) is 6.65. The predicted molar refractivity (Wildman–Crippen MR) is 97.2 cm³/mol. The van der Waals surface area contributed by atoms with Crippen molar-refractivity contribution in [1.29, 1.82) is 0 Å². The zero-order valence-electron chi connectivity index (χ0n) is 14.1. The number of carbonyl (C=O) groups is 1. The van der Waals surface area contributed by atoms with E-state index in [-0.39, 0.29) is 17.8 Å². The lowest BCUT2D eigenvalue weighted by molar-refractivity contribution is 0.0943. The molecule has 4 nitrogen and oxygen atoms in total. The van der Waals surface area contributed by atoms with E-state index in [4.69, 9.17) is 9.47 Å². The summed E-state index contributed by atoms with van der Waals surface area (Å²) < 4.78 is 25.2. The summed E-state index contributed by atoms with van der Waals surface area (Å²) in [6, 6.07) is 11.5. The quantitative estimate of drug-likeness (QED) is 0.727. The normalized spacial score (nSPS) is 12.0. The Hall–Kier alpha value is -2.60. The van der Waals surface area contributed by atoms with E-state index in [1.807, 2.05) is 13.0 Å². The predicted octanol–water partition coefficient (Wildman–Crippen LogP) is 4.55. The lowest BCUT2D eigenvalue weighted by Crippen LogP contribution is -2.26. The summed E-state index contributed by atoms with van der Waals surface area (Å²) in [6.07, 6.45) is 0. The highest BCUT2D eigenvalue weighted by Gasteiger charge is 2.18.